The van der Waals surface area contributed by atoms with Gasteiger partial charge in [0, 0.05) is 25.5 Å². The molecule has 1 heterocycles. The number of hydrogen-bond acceptors (Lipinski definition) is 2. The Balaban J connectivity index is 2.23. The van der Waals surface area contributed by atoms with Crippen LogP contribution < -0.4 is 0 Å². The summed E-state index contributed by atoms with van der Waals surface area (Å²) in [7, 11) is 0. The fraction of sp³-hybridized carbons (Fsp3) is 0.935. The predicted molar refractivity (Wildman–Crippen MR) is 150 cm³/mol. The van der Waals surface area contributed by atoms with Crippen molar-refractivity contribution in [2.75, 3.05) is 13.1 Å². The molecule has 0 saturated carbocycles. The Morgan fingerprint density at radius 3 is 1.06 bits per heavy atom. The van der Waals surface area contributed by atoms with E-state index in [0.717, 1.165) is 0 Å². The van der Waals surface area contributed by atoms with Gasteiger partial charge >= 0.3 is 0 Å². The Bertz CT molecular complexity index is 419. The van der Waals surface area contributed by atoms with Gasteiger partial charge in [-0.3, -0.25) is 0 Å². The largest absolute Gasteiger partial charge is 0.356 e. The molecule has 1 rings (SSSR count). The molecule has 0 fully saturated rings. The molecule has 196 valence electrons. The van der Waals surface area contributed by atoms with Gasteiger partial charge in [0.2, 0.25) is 0 Å². The Morgan fingerprint density at radius 1 is 0.394 bits per heavy atom. The molecular formula is C31H62N2. The van der Waals surface area contributed by atoms with Crippen LogP contribution >= 0.6 is 0 Å². The van der Waals surface area contributed by atoms with Crippen LogP contribution in [0.4, 0.5) is 0 Å². The van der Waals surface area contributed by atoms with Crippen LogP contribution in [0.25, 0.3) is 0 Å². The van der Waals surface area contributed by atoms with E-state index in [1.54, 1.807) is 0 Å². The molecular weight excluding hydrogens is 400 g/mol. The Kier molecular flexibility index (Phi) is 21.3. The smallest absolute Gasteiger partial charge is 0.101 e. The minimum Gasteiger partial charge on any atom is -0.356 e. The first-order valence-electron chi connectivity index (χ1n) is 15.5. The van der Waals surface area contributed by atoms with E-state index in [1.807, 2.05) is 0 Å². The number of unbranched alkanes of at least 4 members (excludes halogenated alkanes) is 19. The highest BCUT2D eigenvalue weighted by atomic mass is 15.4. The lowest BCUT2D eigenvalue weighted by Crippen LogP contribution is -2.39. The maximum absolute atomic E-state index is 2.69. The van der Waals surface area contributed by atoms with Crippen molar-refractivity contribution in [3.63, 3.8) is 0 Å². The Hall–Kier alpha value is -0.660. The van der Waals surface area contributed by atoms with Gasteiger partial charge in [-0.25, -0.2) is 0 Å². The van der Waals surface area contributed by atoms with Crippen molar-refractivity contribution in [1.82, 2.24) is 9.80 Å². The molecule has 0 aliphatic carbocycles. The van der Waals surface area contributed by atoms with Gasteiger partial charge in [-0.2, -0.15) is 0 Å². The van der Waals surface area contributed by atoms with Gasteiger partial charge in [0.05, 0.1) is 0 Å². The number of hydrogen-bond donors (Lipinski definition) is 0. The highest BCUT2D eigenvalue weighted by Gasteiger charge is 2.24. The first kappa shape index (κ1) is 30.4. The molecule has 0 saturated heterocycles. The second kappa shape index (κ2) is 23.1. The zero-order chi connectivity index (χ0) is 23.8. The Morgan fingerprint density at radius 2 is 0.697 bits per heavy atom. The summed E-state index contributed by atoms with van der Waals surface area (Å²) in [6, 6.07) is 0. The van der Waals surface area contributed by atoms with Crippen molar-refractivity contribution >= 4 is 0 Å². The number of rotatable bonds is 25. The summed E-state index contributed by atoms with van der Waals surface area (Å²) >= 11 is 0. The van der Waals surface area contributed by atoms with Gasteiger partial charge in [-0.05, 0) is 25.7 Å². The zero-order valence-corrected chi connectivity index (χ0v) is 23.3. The summed E-state index contributed by atoms with van der Waals surface area (Å²) in [5, 5.41) is 0. The first-order chi connectivity index (χ1) is 16.3. The molecule has 0 radical (unpaired) electrons. The highest BCUT2D eigenvalue weighted by Crippen LogP contribution is 2.23. The third kappa shape index (κ3) is 16.6. The fourth-order valence-electron chi connectivity index (χ4n) is 5.30. The minimum absolute atomic E-state index is 0.644. The third-order valence-electron chi connectivity index (χ3n) is 7.57. The second-order valence-corrected chi connectivity index (χ2v) is 10.8. The topological polar surface area (TPSA) is 6.48 Å². The van der Waals surface area contributed by atoms with E-state index >= 15 is 0 Å². The normalized spacial score (nSPS) is 15.8. The standard InChI is InChI=1S/C31H62N2/c1-4-7-10-13-15-16-17-19-22-25-28-33-30-29-32(27-24-21-18-14-11-8-5-2)31(33)26-23-20-12-9-6-3/h29-31H,4-28H2,1-3H3. The van der Waals surface area contributed by atoms with Crippen LogP contribution in [0.15, 0.2) is 12.4 Å². The van der Waals surface area contributed by atoms with Crippen LogP contribution in [0.2, 0.25) is 0 Å². The summed E-state index contributed by atoms with van der Waals surface area (Å²) in [6.45, 7) is 9.46. The van der Waals surface area contributed by atoms with E-state index in [9.17, 15) is 0 Å². The van der Waals surface area contributed by atoms with E-state index in [4.69, 9.17) is 0 Å². The molecule has 1 unspecified atom stereocenters. The van der Waals surface area contributed by atoms with Crippen molar-refractivity contribution in [2.24, 2.45) is 0 Å². The minimum atomic E-state index is 0.644. The van der Waals surface area contributed by atoms with E-state index in [2.05, 4.69) is 43.0 Å². The van der Waals surface area contributed by atoms with Gasteiger partial charge in [-0.1, -0.05) is 143 Å². The summed E-state index contributed by atoms with van der Waals surface area (Å²) in [6.07, 6.45) is 38.0. The lowest BCUT2D eigenvalue weighted by atomic mass is 10.1. The van der Waals surface area contributed by atoms with Gasteiger partial charge in [-0.15, -0.1) is 0 Å². The average molecular weight is 463 g/mol. The van der Waals surface area contributed by atoms with Gasteiger partial charge < -0.3 is 9.80 Å². The van der Waals surface area contributed by atoms with Gasteiger partial charge in [0.25, 0.3) is 0 Å². The molecule has 0 bridgehead atoms. The molecule has 1 atom stereocenters. The van der Waals surface area contributed by atoms with Crippen LogP contribution in [0.1, 0.15) is 168 Å². The first-order valence-corrected chi connectivity index (χ1v) is 15.5. The Labute approximate surface area is 210 Å². The van der Waals surface area contributed by atoms with Crippen molar-refractivity contribution in [2.45, 2.75) is 175 Å². The molecule has 0 amide bonds. The summed E-state index contributed by atoms with van der Waals surface area (Å²) in [4.78, 5) is 5.37. The van der Waals surface area contributed by atoms with Crippen LogP contribution in [0, 0.1) is 0 Å². The molecule has 2 heteroatoms. The molecule has 0 aromatic carbocycles. The maximum Gasteiger partial charge on any atom is 0.101 e. The van der Waals surface area contributed by atoms with Crippen molar-refractivity contribution in [3.8, 4) is 0 Å². The van der Waals surface area contributed by atoms with E-state index in [0.29, 0.717) is 6.17 Å². The van der Waals surface area contributed by atoms with Gasteiger partial charge in [0.1, 0.15) is 6.17 Å². The van der Waals surface area contributed by atoms with Crippen molar-refractivity contribution in [3.05, 3.63) is 12.4 Å². The summed E-state index contributed by atoms with van der Waals surface area (Å²) < 4.78 is 0. The molecule has 0 N–H and O–H groups in total. The molecule has 2 nitrogen and oxygen atoms in total. The highest BCUT2D eigenvalue weighted by molar-refractivity contribution is 4.97. The maximum atomic E-state index is 2.69. The predicted octanol–water partition coefficient (Wildman–Crippen LogP) is 10.4. The van der Waals surface area contributed by atoms with Crippen LogP contribution in [0.5, 0.6) is 0 Å². The average Bonchev–Trinajstić information content (AvgIpc) is 3.21. The summed E-state index contributed by atoms with van der Waals surface area (Å²) in [5.74, 6) is 0. The quantitative estimate of drug-likeness (QED) is 0.124. The van der Waals surface area contributed by atoms with Crippen LogP contribution in [0.3, 0.4) is 0 Å². The van der Waals surface area contributed by atoms with Crippen molar-refractivity contribution < 1.29 is 0 Å². The lowest BCUT2D eigenvalue weighted by Gasteiger charge is -2.33. The van der Waals surface area contributed by atoms with Crippen LogP contribution in [-0.4, -0.2) is 29.1 Å². The van der Waals surface area contributed by atoms with E-state index in [-0.39, 0.29) is 0 Å². The van der Waals surface area contributed by atoms with Crippen LogP contribution in [-0.2, 0) is 0 Å². The van der Waals surface area contributed by atoms with E-state index < -0.39 is 0 Å². The second-order valence-electron chi connectivity index (χ2n) is 10.8. The van der Waals surface area contributed by atoms with Gasteiger partial charge in [0.15, 0.2) is 0 Å². The molecule has 33 heavy (non-hydrogen) atoms. The number of nitrogens with zero attached hydrogens (tertiary/aromatic N) is 2. The zero-order valence-electron chi connectivity index (χ0n) is 23.3. The molecule has 0 aromatic heterocycles. The SMILES string of the molecule is CCCCCCCCCCCCN1C=CN(CCCCCCCCC)C1CCCCCCC. The third-order valence-corrected chi connectivity index (χ3v) is 7.57. The summed E-state index contributed by atoms with van der Waals surface area (Å²) in [5.41, 5.74) is 0. The van der Waals surface area contributed by atoms with E-state index in [1.165, 1.54) is 161 Å². The lowest BCUT2D eigenvalue weighted by molar-refractivity contribution is 0.135. The molecule has 0 aromatic rings. The molecule has 1 aliphatic rings. The molecule has 1 aliphatic heterocycles. The monoisotopic (exact) mass is 462 g/mol. The fourth-order valence-corrected chi connectivity index (χ4v) is 5.30. The van der Waals surface area contributed by atoms with Crippen molar-refractivity contribution in [1.29, 1.82) is 0 Å². The molecule has 0 spiro atoms.